The maximum Gasteiger partial charge on any atom is 0.0518 e. The fourth-order valence-electron chi connectivity index (χ4n) is 5.64. The average Bonchev–Trinajstić information content (AvgIpc) is 2.96. The van der Waals surface area contributed by atoms with E-state index in [0.29, 0.717) is 17.5 Å². The number of rotatable bonds is 7. The van der Waals surface area contributed by atoms with Gasteiger partial charge in [-0.2, -0.15) is 0 Å². The molecule has 0 amide bonds. The molecule has 4 nitrogen and oxygen atoms in total. The molecule has 0 aromatic carbocycles. The van der Waals surface area contributed by atoms with Gasteiger partial charge in [-0.1, -0.05) is 20.8 Å². The number of likely N-dealkylation sites (tertiary alicyclic amines) is 2. The summed E-state index contributed by atoms with van der Waals surface area (Å²) in [4.78, 5) is 10.9. The molecule has 0 N–H and O–H groups in total. The highest BCUT2D eigenvalue weighted by atomic mass is 15.4. The van der Waals surface area contributed by atoms with E-state index >= 15 is 0 Å². The zero-order valence-electron chi connectivity index (χ0n) is 17.9. The molecule has 0 aromatic rings. The molecule has 25 heavy (non-hydrogen) atoms. The quantitative estimate of drug-likeness (QED) is 0.700. The molecule has 3 heterocycles. The van der Waals surface area contributed by atoms with Gasteiger partial charge < -0.3 is 4.90 Å². The zero-order chi connectivity index (χ0) is 18.4. The van der Waals surface area contributed by atoms with Gasteiger partial charge in [-0.15, -0.1) is 0 Å². The van der Waals surface area contributed by atoms with Crippen LogP contribution in [-0.2, 0) is 0 Å². The lowest BCUT2D eigenvalue weighted by Crippen LogP contribution is -2.75. The molecule has 0 aromatic heterocycles. The molecule has 3 aliphatic heterocycles. The smallest absolute Gasteiger partial charge is 0.0518 e. The summed E-state index contributed by atoms with van der Waals surface area (Å²) in [5.74, 6) is 0. The Hall–Kier alpha value is -0.160. The Balaban J connectivity index is 1.63. The van der Waals surface area contributed by atoms with Crippen LogP contribution < -0.4 is 0 Å². The third-order valence-electron chi connectivity index (χ3n) is 7.90. The highest BCUT2D eigenvalue weighted by Gasteiger charge is 2.55. The molecule has 3 fully saturated rings. The summed E-state index contributed by atoms with van der Waals surface area (Å²) in [7, 11) is 0. The van der Waals surface area contributed by atoms with Gasteiger partial charge in [0.05, 0.1) is 6.67 Å². The van der Waals surface area contributed by atoms with Crippen molar-refractivity contribution >= 4 is 0 Å². The topological polar surface area (TPSA) is 13.0 Å². The highest BCUT2D eigenvalue weighted by Crippen LogP contribution is 2.43. The lowest BCUT2D eigenvalue weighted by molar-refractivity contribution is -0.146. The van der Waals surface area contributed by atoms with E-state index in [9.17, 15) is 0 Å². The third kappa shape index (κ3) is 3.28. The van der Waals surface area contributed by atoms with Crippen LogP contribution in [0.1, 0.15) is 61.3 Å². The average molecular weight is 351 g/mol. The Kier molecular flexibility index (Phi) is 5.57. The third-order valence-corrected chi connectivity index (χ3v) is 7.90. The summed E-state index contributed by atoms with van der Waals surface area (Å²) in [5.41, 5.74) is 0.923. The predicted molar refractivity (Wildman–Crippen MR) is 107 cm³/mol. The molecular formula is C21H42N4. The standard InChI is InChI=1S/C21H42N4/c1-8-19-11-24(16-25(19)17(4)5)20(7,9-2)18(6)23-14-21(15-23)12-22(10-3)13-21/h17-19H,8-16H2,1-7H3. The fourth-order valence-corrected chi connectivity index (χ4v) is 5.64. The maximum atomic E-state index is 2.80. The summed E-state index contributed by atoms with van der Waals surface area (Å²) in [6, 6.07) is 2.02. The van der Waals surface area contributed by atoms with Crippen molar-refractivity contribution < 1.29 is 0 Å². The molecule has 3 rings (SSSR count). The molecule has 3 atom stereocenters. The van der Waals surface area contributed by atoms with Crippen LogP contribution in [-0.4, -0.2) is 89.2 Å². The zero-order valence-corrected chi connectivity index (χ0v) is 17.9. The van der Waals surface area contributed by atoms with E-state index in [1.807, 2.05) is 0 Å². The Bertz CT molecular complexity index is 451. The molecule has 0 aliphatic carbocycles. The predicted octanol–water partition coefficient (Wildman–Crippen LogP) is 2.94. The highest BCUT2D eigenvalue weighted by molar-refractivity contribution is 5.10. The van der Waals surface area contributed by atoms with E-state index in [1.165, 1.54) is 52.1 Å². The van der Waals surface area contributed by atoms with Crippen molar-refractivity contribution in [3.8, 4) is 0 Å². The first-order valence-electron chi connectivity index (χ1n) is 10.8. The Morgan fingerprint density at radius 3 is 2.12 bits per heavy atom. The van der Waals surface area contributed by atoms with Crippen molar-refractivity contribution in [3.63, 3.8) is 0 Å². The minimum absolute atomic E-state index is 0.285. The molecule has 1 spiro atoms. The monoisotopic (exact) mass is 350 g/mol. The summed E-state index contributed by atoms with van der Waals surface area (Å²) < 4.78 is 0. The van der Waals surface area contributed by atoms with E-state index < -0.39 is 0 Å². The van der Waals surface area contributed by atoms with Crippen LogP contribution in [0.15, 0.2) is 0 Å². The summed E-state index contributed by atoms with van der Waals surface area (Å²) in [6.07, 6.45) is 2.50. The van der Waals surface area contributed by atoms with Gasteiger partial charge in [-0.3, -0.25) is 14.7 Å². The second-order valence-corrected chi connectivity index (χ2v) is 9.63. The van der Waals surface area contributed by atoms with Crippen LogP contribution >= 0.6 is 0 Å². The van der Waals surface area contributed by atoms with Crippen molar-refractivity contribution in [2.24, 2.45) is 5.41 Å². The molecule has 146 valence electrons. The van der Waals surface area contributed by atoms with Crippen molar-refractivity contribution in [1.29, 1.82) is 0 Å². The molecule has 3 saturated heterocycles. The van der Waals surface area contributed by atoms with Crippen LogP contribution in [0.2, 0.25) is 0 Å². The normalized spacial score (nSPS) is 31.9. The van der Waals surface area contributed by atoms with E-state index in [1.54, 1.807) is 0 Å². The van der Waals surface area contributed by atoms with Crippen LogP contribution in [0.25, 0.3) is 0 Å². The summed E-state index contributed by atoms with van der Waals surface area (Å²) in [6.45, 7) is 25.7. The number of hydrogen-bond acceptors (Lipinski definition) is 4. The Morgan fingerprint density at radius 1 is 1.04 bits per heavy atom. The van der Waals surface area contributed by atoms with Gasteiger partial charge in [-0.25, -0.2) is 0 Å². The van der Waals surface area contributed by atoms with Gasteiger partial charge in [0.15, 0.2) is 0 Å². The molecule has 3 aliphatic rings. The van der Waals surface area contributed by atoms with Gasteiger partial charge in [0, 0.05) is 61.8 Å². The SMILES string of the molecule is CCC1CN(C(C)(CC)C(C)N2CC3(CN(CC)C3)C2)CN1C(C)C. The first-order valence-corrected chi connectivity index (χ1v) is 10.8. The Labute approximate surface area is 156 Å². The summed E-state index contributed by atoms with van der Waals surface area (Å²) >= 11 is 0. The molecule has 4 heteroatoms. The molecule has 0 saturated carbocycles. The van der Waals surface area contributed by atoms with Gasteiger partial charge in [0.25, 0.3) is 0 Å². The number of nitrogens with zero attached hydrogens (tertiary/aromatic N) is 4. The van der Waals surface area contributed by atoms with E-state index in [2.05, 4.69) is 68.1 Å². The van der Waals surface area contributed by atoms with Crippen molar-refractivity contribution in [3.05, 3.63) is 0 Å². The van der Waals surface area contributed by atoms with Gasteiger partial charge >= 0.3 is 0 Å². The van der Waals surface area contributed by atoms with Crippen molar-refractivity contribution in [2.75, 3.05) is 45.9 Å². The van der Waals surface area contributed by atoms with Gasteiger partial charge in [0.2, 0.25) is 0 Å². The molecular weight excluding hydrogens is 308 g/mol. The van der Waals surface area contributed by atoms with E-state index in [0.717, 1.165) is 12.7 Å². The Morgan fingerprint density at radius 2 is 1.68 bits per heavy atom. The largest absolute Gasteiger partial charge is 0.302 e. The lowest BCUT2D eigenvalue weighted by atomic mass is 9.70. The lowest BCUT2D eigenvalue weighted by Gasteiger charge is -2.64. The molecule has 0 bridgehead atoms. The fraction of sp³-hybridized carbons (Fsp3) is 1.00. The second-order valence-electron chi connectivity index (χ2n) is 9.63. The van der Waals surface area contributed by atoms with Crippen molar-refractivity contribution in [1.82, 2.24) is 19.6 Å². The van der Waals surface area contributed by atoms with E-state index in [4.69, 9.17) is 0 Å². The summed E-state index contributed by atoms with van der Waals surface area (Å²) in [5, 5.41) is 0. The molecule has 0 radical (unpaired) electrons. The van der Waals surface area contributed by atoms with Gasteiger partial charge in [0.1, 0.15) is 0 Å². The van der Waals surface area contributed by atoms with Crippen molar-refractivity contribution in [2.45, 2.75) is 85.0 Å². The minimum atomic E-state index is 0.285. The first kappa shape index (κ1) is 19.6. The second kappa shape index (κ2) is 7.10. The van der Waals surface area contributed by atoms with Crippen LogP contribution in [0, 0.1) is 5.41 Å². The minimum Gasteiger partial charge on any atom is -0.302 e. The van der Waals surface area contributed by atoms with E-state index in [-0.39, 0.29) is 5.54 Å². The maximum absolute atomic E-state index is 2.80. The van der Waals surface area contributed by atoms with Crippen LogP contribution in [0.5, 0.6) is 0 Å². The van der Waals surface area contributed by atoms with Crippen LogP contribution in [0.4, 0.5) is 0 Å². The van der Waals surface area contributed by atoms with Crippen LogP contribution in [0.3, 0.4) is 0 Å². The first-order chi connectivity index (χ1) is 11.8. The number of hydrogen-bond donors (Lipinski definition) is 0. The molecule has 3 unspecified atom stereocenters. The van der Waals surface area contributed by atoms with Gasteiger partial charge in [-0.05, 0) is 47.1 Å².